The number of methoxy groups -OCH3 is 1. The number of urea groups is 1. The molecule has 39 heavy (non-hydrogen) atoms. The lowest BCUT2D eigenvalue weighted by molar-refractivity contribution is -0.137. The summed E-state index contributed by atoms with van der Waals surface area (Å²) in [4.78, 5) is 40.6. The van der Waals surface area contributed by atoms with E-state index in [9.17, 15) is 27.6 Å². The quantitative estimate of drug-likeness (QED) is 0.298. The van der Waals surface area contributed by atoms with Gasteiger partial charge in [-0.05, 0) is 67.3 Å². The Morgan fingerprint density at radius 2 is 1.64 bits per heavy atom. The van der Waals surface area contributed by atoms with Gasteiger partial charge in [0.05, 0.1) is 35.6 Å². The number of hydrogen-bond donors (Lipinski definition) is 0. The molecule has 0 spiro atoms. The molecule has 3 amide bonds. The smallest absolute Gasteiger partial charge is 0.417 e. The van der Waals surface area contributed by atoms with Crippen LogP contribution in [0.1, 0.15) is 52.0 Å². The van der Waals surface area contributed by atoms with Gasteiger partial charge in [-0.1, -0.05) is 36.4 Å². The average molecular weight is 536 g/mol. The molecule has 0 aliphatic carbocycles. The number of esters is 1. The number of benzene rings is 3. The highest BCUT2D eigenvalue weighted by molar-refractivity contribution is 6.23. The summed E-state index contributed by atoms with van der Waals surface area (Å²) in [5.41, 5.74) is -0.495. The fraction of sp³-hybridized carbons (Fsp3) is 0.241. The molecule has 1 aliphatic heterocycles. The molecule has 0 N–H and O–H groups in total. The van der Waals surface area contributed by atoms with Crippen LogP contribution in [-0.2, 0) is 28.7 Å². The predicted octanol–water partition coefficient (Wildman–Crippen LogP) is 5.70. The van der Waals surface area contributed by atoms with E-state index in [-0.39, 0.29) is 12.2 Å². The molecule has 1 heterocycles. The maximum atomic E-state index is 13.5. The molecule has 4 rings (SSSR count). The zero-order chi connectivity index (χ0) is 28.5. The number of carbonyl (C=O) groups is 3. The van der Waals surface area contributed by atoms with Gasteiger partial charge in [0.1, 0.15) is 5.54 Å². The molecule has 7 nitrogen and oxygen atoms in total. The van der Waals surface area contributed by atoms with Gasteiger partial charge in [0.15, 0.2) is 0 Å². The SMILES string of the molecule is COC(=O)c1ccc(Cc2ccccc2CN2C(=O)N(c3ccc(C#N)c(C(F)(F)F)c3)C(=O)C2(C)C)cc1. The number of ether oxygens (including phenoxy) is 1. The van der Waals surface area contributed by atoms with E-state index >= 15 is 0 Å². The Bertz CT molecular complexity index is 1490. The van der Waals surface area contributed by atoms with Crippen LogP contribution in [0.15, 0.2) is 66.7 Å². The van der Waals surface area contributed by atoms with Crippen molar-refractivity contribution >= 4 is 23.6 Å². The zero-order valence-corrected chi connectivity index (χ0v) is 21.4. The molecule has 0 bridgehead atoms. The van der Waals surface area contributed by atoms with Gasteiger partial charge in [-0.15, -0.1) is 0 Å². The number of nitrogens with zero attached hydrogens (tertiary/aromatic N) is 3. The number of imide groups is 1. The third-order valence-electron chi connectivity index (χ3n) is 6.73. The first-order chi connectivity index (χ1) is 18.4. The number of amides is 3. The van der Waals surface area contributed by atoms with Crippen molar-refractivity contribution in [3.63, 3.8) is 0 Å². The fourth-order valence-electron chi connectivity index (χ4n) is 4.48. The summed E-state index contributed by atoms with van der Waals surface area (Å²) < 4.78 is 45.4. The first kappa shape index (κ1) is 27.4. The van der Waals surface area contributed by atoms with Gasteiger partial charge in [-0.2, -0.15) is 18.4 Å². The Morgan fingerprint density at radius 1 is 1.00 bits per heavy atom. The molecule has 1 saturated heterocycles. The van der Waals surface area contributed by atoms with Crippen LogP contribution in [0.2, 0.25) is 0 Å². The Hall–Kier alpha value is -4.65. The molecule has 1 fully saturated rings. The van der Waals surface area contributed by atoms with Crippen molar-refractivity contribution in [2.75, 3.05) is 12.0 Å². The normalized spacial score (nSPS) is 14.9. The standard InChI is InChI=1S/C29H24F3N3O4/c1-28(2)26(37)35(23-13-12-21(16-33)24(15-23)29(30,31)32)27(38)34(28)17-22-7-5-4-6-20(22)14-18-8-10-19(11-9-18)25(36)39-3/h4-13,15H,14,17H2,1-3H3. The second-order valence-electron chi connectivity index (χ2n) is 9.54. The molecule has 0 radical (unpaired) electrons. The van der Waals surface area contributed by atoms with E-state index in [0.717, 1.165) is 33.7 Å². The summed E-state index contributed by atoms with van der Waals surface area (Å²) in [6, 6.07) is 17.7. The van der Waals surface area contributed by atoms with Crippen molar-refractivity contribution in [3.05, 3.63) is 100 Å². The van der Waals surface area contributed by atoms with Crippen molar-refractivity contribution in [1.29, 1.82) is 5.26 Å². The second kappa shape index (κ2) is 10.3. The molecule has 1 aliphatic rings. The third kappa shape index (κ3) is 5.21. The number of rotatable bonds is 6. The van der Waals surface area contributed by atoms with Crippen molar-refractivity contribution in [1.82, 2.24) is 4.90 Å². The highest BCUT2D eigenvalue weighted by atomic mass is 19.4. The molecule has 0 unspecified atom stereocenters. The first-order valence-corrected chi connectivity index (χ1v) is 11.9. The van der Waals surface area contributed by atoms with E-state index in [1.54, 1.807) is 30.3 Å². The zero-order valence-electron chi connectivity index (χ0n) is 21.4. The average Bonchev–Trinajstić information content (AvgIpc) is 3.07. The predicted molar refractivity (Wildman–Crippen MR) is 136 cm³/mol. The number of nitriles is 1. The maximum absolute atomic E-state index is 13.5. The number of carbonyl (C=O) groups excluding carboxylic acids is 3. The lowest BCUT2D eigenvalue weighted by Gasteiger charge is -2.28. The summed E-state index contributed by atoms with van der Waals surface area (Å²) in [5, 5.41) is 9.09. The fourth-order valence-corrected chi connectivity index (χ4v) is 4.48. The third-order valence-corrected chi connectivity index (χ3v) is 6.73. The van der Waals surface area contributed by atoms with Crippen LogP contribution >= 0.6 is 0 Å². The molecular weight excluding hydrogens is 511 g/mol. The summed E-state index contributed by atoms with van der Waals surface area (Å²) in [7, 11) is 1.30. The molecule has 0 aromatic heterocycles. The van der Waals surface area contributed by atoms with Gasteiger partial charge in [0.2, 0.25) is 0 Å². The van der Waals surface area contributed by atoms with Crippen LogP contribution in [0, 0.1) is 11.3 Å². The van der Waals surface area contributed by atoms with Crippen molar-refractivity contribution < 1.29 is 32.3 Å². The van der Waals surface area contributed by atoms with Crippen LogP contribution in [0.3, 0.4) is 0 Å². The summed E-state index contributed by atoms with van der Waals surface area (Å²) in [6.07, 6.45) is -4.36. The number of hydrogen-bond acceptors (Lipinski definition) is 5. The van der Waals surface area contributed by atoms with Gasteiger partial charge >= 0.3 is 18.2 Å². The van der Waals surface area contributed by atoms with Crippen LogP contribution in [0.4, 0.5) is 23.7 Å². The Kier molecular flexibility index (Phi) is 7.20. The van der Waals surface area contributed by atoms with E-state index in [1.807, 2.05) is 18.2 Å². The van der Waals surface area contributed by atoms with Crippen LogP contribution in [0.25, 0.3) is 0 Å². The van der Waals surface area contributed by atoms with Gasteiger partial charge in [0.25, 0.3) is 5.91 Å². The number of anilines is 1. The maximum Gasteiger partial charge on any atom is 0.417 e. The minimum Gasteiger partial charge on any atom is -0.465 e. The van der Waals surface area contributed by atoms with E-state index in [1.165, 1.54) is 31.9 Å². The largest absolute Gasteiger partial charge is 0.465 e. The van der Waals surface area contributed by atoms with Crippen molar-refractivity contribution in [2.24, 2.45) is 0 Å². The van der Waals surface area contributed by atoms with Crippen LogP contribution in [-0.4, -0.2) is 35.5 Å². The van der Waals surface area contributed by atoms with Gasteiger partial charge in [-0.3, -0.25) is 4.79 Å². The highest BCUT2D eigenvalue weighted by Crippen LogP contribution is 2.38. The number of halogens is 3. The second-order valence-corrected chi connectivity index (χ2v) is 9.54. The molecule has 3 aromatic carbocycles. The van der Waals surface area contributed by atoms with E-state index in [4.69, 9.17) is 10.00 Å². The lowest BCUT2D eigenvalue weighted by atomic mass is 9.97. The van der Waals surface area contributed by atoms with Crippen molar-refractivity contribution in [2.45, 2.75) is 38.5 Å². The molecule has 10 heteroatoms. The van der Waals surface area contributed by atoms with Crippen LogP contribution < -0.4 is 4.90 Å². The van der Waals surface area contributed by atoms with Gasteiger partial charge in [-0.25, -0.2) is 14.5 Å². The molecule has 0 atom stereocenters. The van der Waals surface area contributed by atoms with E-state index in [2.05, 4.69) is 0 Å². The molecular formula is C29H24F3N3O4. The lowest BCUT2D eigenvalue weighted by Crippen LogP contribution is -2.43. The number of alkyl halides is 3. The van der Waals surface area contributed by atoms with Gasteiger partial charge in [0, 0.05) is 6.54 Å². The summed E-state index contributed by atoms with van der Waals surface area (Å²) >= 11 is 0. The van der Waals surface area contributed by atoms with Crippen LogP contribution in [0.5, 0.6) is 0 Å². The highest BCUT2D eigenvalue weighted by Gasteiger charge is 2.52. The molecule has 200 valence electrons. The Morgan fingerprint density at radius 3 is 2.23 bits per heavy atom. The minimum absolute atomic E-state index is 0.0346. The molecule has 3 aromatic rings. The first-order valence-electron chi connectivity index (χ1n) is 11.9. The molecule has 0 saturated carbocycles. The Labute approximate surface area is 223 Å². The Balaban J connectivity index is 1.64. The van der Waals surface area contributed by atoms with E-state index < -0.39 is 40.7 Å². The van der Waals surface area contributed by atoms with Gasteiger partial charge < -0.3 is 9.64 Å². The minimum atomic E-state index is -4.84. The van der Waals surface area contributed by atoms with Crippen molar-refractivity contribution in [3.8, 4) is 6.07 Å². The monoisotopic (exact) mass is 535 g/mol. The topological polar surface area (TPSA) is 90.7 Å². The summed E-state index contributed by atoms with van der Waals surface area (Å²) in [5.74, 6) is -1.13. The summed E-state index contributed by atoms with van der Waals surface area (Å²) in [6.45, 7) is 3.11. The van der Waals surface area contributed by atoms with E-state index in [0.29, 0.717) is 18.1 Å².